The number of nitrogens with two attached hydrogens (primary N) is 1. The van der Waals surface area contributed by atoms with E-state index in [0.717, 1.165) is 11.0 Å². The van der Waals surface area contributed by atoms with Crippen molar-refractivity contribution in [2.24, 2.45) is 5.73 Å². The van der Waals surface area contributed by atoms with Gasteiger partial charge in [-0.3, -0.25) is 0 Å². The summed E-state index contributed by atoms with van der Waals surface area (Å²) in [4.78, 5) is 11.5. The Morgan fingerprint density at radius 3 is 2.59 bits per heavy atom. The monoisotopic (exact) mass is 261 g/mol. The van der Waals surface area contributed by atoms with Gasteiger partial charge in [0.15, 0.2) is 0 Å². The Kier molecular flexibility index (Phi) is 3.89. The Morgan fingerprint density at radius 2 is 2.12 bits per heavy atom. The van der Waals surface area contributed by atoms with E-state index in [1.54, 1.807) is 0 Å². The number of ether oxygens (including phenoxy) is 1. The van der Waals surface area contributed by atoms with Crippen molar-refractivity contribution in [3.8, 4) is 5.75 Å². The molecule has 0 unspecified atom stereocenters. The van der Waals surface area contributed by atoms with E-state index in [2.05, 4.69) is 5.32 Å². The standard InChI is InChI=1S/C8H11N3O5S/c1-16-5-2-3-7(17(14,15)11-13)6(4-5)10-8(9)12/h2-4,11,13H,1H3,(H3,9,10,12). The molecule has 0 spiro atoms. The number of rotatable bonds is 4. The van der Waals surface area contributed by atoms with E-state index in [0.29, 0.717) is 5.75 Å². The number of sulfonamides is 1. The highest BCUT2D eigenvalue weighted by molar-refractivity contribution is 7.89. The summed E-state index contributed by atoms with van der Waals surface area (Å²) in [6.45, 7) is 0. The lowest BCUT2D eigenvalue weighted by atomic mass is 10.3. The number of methoxy groups -OCH3 is 1. The maximum atomic E-state index is 11.4. The largest absolute Gasteiger partial charge is 0.497 e. The lowest BCUT2D eigenvalue weighted by Gasteiger charge is -2.10. The summed E-state index contributed by atoms with van der Waals surface area (Å²) in [6.07, 6.45) is 0. The van der Waals surface area contributed by atoms with Crippen molar-refractivity contribution in [1.82, 2.24) is 4.89 Å². The summed E-state index contributed by atoms with van der Waals surface area (Å²) in [5, 5.41) is 10.6. The second kappa shape index (κ2) is 4.99. The average molecular weight is 261 g/mol. The number of carbonyl (C=O) groups is 1. The van der Waals surface area contributed by atoms with Crippen LogP contribution in [0.25, 0.3) is 0 Å². The van der Waals surface area contributed by atoms with Gasteiger partial charge in [-0.2, -0.15) is 0 Å². The topological polar surface area (TPSA) is 131 Å². The minimum atomic E-state index is -4.12. The van der Waals surface area contributed by atoms with E-state index in [-0.39, 0.29) is 10.6 Å². The highest BCUT2D eigenvalue weighted by Crippen LogP contribution is 2.25. The number of urea groups is 1. The van der Waals surface area contributed by atoms with Crippen molar-refractivity contribution in [2.45, 2.75) is 4.90 Å². The molecular formula is C8H11N3O5S. The van der Waals surface area contributed by atoms with Crippen LogP contribution in [-0.4, -0.2) is 26.8 Å². The average Bonchev–Trinajstić information content (AvgIpc) is 2.27. The number of nitrogens with one attached hydrogen (secondary N) is 2. The minimum Gasteiger partial charge on any atom is -0.497 e. The van der Waals surface area contributed by atoms with Gasteiger partial charge in [0.1, 0.15) is 10.6 Å². The zero-order chi connectivity index (χ0) is 13.1. The predicted molar refractivity (Wildman–Crippen MR) is 58.3 cm³/mol. The molecule has 1 aromatic rings. The molecule has 2 amide bonds. The first-order valence-electron chi connectivity index (χ1n) is 4.31. The molecule has 17 heavy (non-hydrogen) atoms. The second-order valence-corrected chi connectivity index (χ2v) is 4.58. The summed E-state index contributed by atoms with van der Waals surface area (Å²) in [6, 6.07) is 2.83. The van der Waals surface area contributed by atoms with Gasteiger partial charge in [0.2, 0.25) is 0 Å². The van der Waals surface area contributed by atoms with Crippen molar-refractivity contribution >= 4 is 21.7 Å². The zero-order valence-electron chi connectivity index (χ0n) is 8.80. The van der Waals surface area contributed by atoms with E-state index in [9.17, 15) is 13.2 Å². The molecule has 0 aromatic heterocycles. The Balaban J connectivity index is 3.34. The molecule has 8 nitrogen and oxygen atoms in total. The molecular weight excluding hydrogens is 250 g/mol. The van der Waals surface area contributed by atoms with E-state index >= 15 is 0 Å². The molecule has 0 saturated heterocycles. The van der Waals surface area contributed by atoms with Crippen molar-refractivity contribution in [3.05, 3.63) is 18.2 Å². The summed E-state index contributed by atoms with van der Waals surface area (Å²) >= 11 is 0. The van der Waals surface area contributed by atoms with Gasteiger partial charge >= 0.3 is 6.03 Å². The van der Waals surface area contributed by atoms with Gasteiger partial charge in [0.25, 0.3) is 10.0 Å². The fourth-order valence-corrected chi connectivity index (χ4v) is 1.90. The molecule has 0 saturated carbocycles. The molecule has 5 N–H and O–H groups in total. The number of amides is 2. The Bertz CT molecular complexity index is 528. The molecule has 0 radical (unpaired) electrons. The van der Waals surface area contributed by atoms with Crippen LogP contribution in [0.2, 0.25) is 0 Å². The van der Waals surface area contributed by atoms with Gasteiger partial charge in [0.05, 0.1) is 12.8 Å². The van der Waals surface area contributed by atoms with E-state index in [1.165, 1.54) is 19.2 Å². The molecule has 0 heterocycles. The third kappa shape index (κ3) is 3.06. The van der Waals surface area contributed by atoms with Crippen LogP contribution in [0.3, 0.4) is 0 Å². The lowest BCUT2D eigenvalue weighted by molar-refractivity contribution is 0.242. The predicted octanol–water partition coefficient (Wildman–Crippen LogP) is -0.147. The third-order valence-corrected chi connectivity index (χ3v) is 3.03. The first-order valence-corrected chi connectivity index (χ1v) is 5.79. The molecule has 94 valence electrons. The van der Waals surface area contributed by atoms with E-state index in [4.69, 9.17) is 15.7 Å². The number of anilines is 1. The second-order valence-electron chi connectivity index (χ2n) is 2.95. The number of primary amides is 1. The van der Waals surface area contributed by atoms with Crippen LogP contribution in [0.15, 0.2) is 23.1 Å². The van der Waals surface area contributed by atoms with Crippen molar-refractivity contribution in [1.29, 1.82) is 0 Å². The first-order chi connectivity index (χ1) is 7.90. The quantitative estimate of drug-likeness (QED) is 0.560. The molecule has 0 aliphatic heterocycles. The van der Waals surface area contributed by atoms with Crippen LogP contribution in [-0.2, 0) is 10.0 Å². The molecule has 1 aromatic carbocycles. The number of hydrogen-bond donors (Lipinski definition) is 4. The van der Waals surface area contributed by atoms with Gasteiger partial charge in [0, 0.05) is 6.07 Å². The van der Waals surface area contributed by atoms with Crippen LogP contribution in [0.4, 0.5) is 10.5 Å². The fourth-order valence-electron chi connectivity index (χ4n) is 1.15. The number of hydrogen-bond acceptors (Lipinski definition) is 5. The normalized spacial score (nSPS) is 10.9. The summed E-state index contributed by atoms with van der Waals surface area (Å²) < 4.78 is 27.7. The van der Waals surface area contributed by atoms with E-state index in [1.807, 2.05) is 0 Å². The van der Waals surface area contributed by atoms with Crippen molar-refractivity contribution < 1.29 is 23.2 Å². The maximum absolute atomic E-state index is 11.4. The molecule has 0 aliphatic carbocycles. The maximum Gasteiger partial charge on any atom is 0.316 e. The Morgan fingerprint density at radius 1 is 1.47 bits per heavy atom. The number of carbonyl (C=O) groups excluding carboxylic acids is 1. The molecule has 0 atom stereocenters. The van der Waals surface area contributed by atoms with Crippen molar-refractivity contribution in [2.75, 3.05) is 12.4 Å². The lowest BCUT2D eigenvalue weighted by Crippen LogP contribution is -2.24. The molecule has 9 heteroatoms. The van der Waals surface area contributed by atoms with Gasteiger partial charge < -0.3 is 21.0 Å². The first kappa shape index (κ1) is 13.2. The third-order valence-electron chi connectivity index (χ3n) is 1.85. The summed E-state index contributed by atoms with van der Waals surface area (Å²) in [5.41, 5.74) is 4.80. The smallest absolute Gasteiger partial charge is 0.316 e. The molecule has 0 aliphatic rings. The van der Waals surface area contributed by atoms with Crippen LogP contribution < -0.4 is 20.7 Å². The Hall–Kier alpha value is -1.84. The molecule has 0 bridgehead atoms. The minimum absolute atomic E-state index is 0.0987. The fraction of sp³-hybridized carbons (Fsp3) is 0.125. The van der Waals surface area contributed by atoms with Gasteiger partial charge in [-0.1, -0.05) is 4.89 Å². The summed E-state index contributed by atoms with van der Waals surface area (Å²) in [5.74, 6) is 0.325. The molecule has 1 rings (SSSR count). The zero-order valence-corrected chi connectivity index (χ0v) is 9.61. The van der Waals surface area contributed by atoms with Crippen LogP contribution >= 0.6 is 0 Å². The SMILES string of the molecule is COc1ccc(S(=O)(=O)NO)c(NC(N)=O)c1. The van der Waals surface area contributed by atoms with Gasteiger partial charge in [-0.25, -0.2) is 13.2 Å². The van der Waals surface area contributed by atoms with Crippen LogP contribution in [0, 0.1) is 0 Å². The van der Waals surface area contributed by atoms with Gasteiger partial charge in [-0.15, -0.1) is 0 Å². The summed E-state index contributed by atoms with van der Waals surface area (Å²) in [7, 11) is -2.74. The van der Waals surface area contributed by atoms with Crippen molar-refractivity contribution in [3.63, 3.8) is 0 Å². The molecule has 0 fully saturated rings. The van der Waals surface area contributed by atoms with Gasteiger partial charge in [-0.05, 0) is 12.1 Å². The van der Waals surface area contributed by atoms with E-state index < -0.39 is 16.1 Å². The highest BCUT2D eigenvalue weighted by atomic mass is 32.2. The highest BCUT2D eigenvalue weighted by Gasteiger charge is 2.19. The number of benzene rings is 1. The van der Waals surface area contributed by atoms with Crippen LogP contribution in [0.1, 0.15) is 0 Å². The van der Waals surface area contributed by atoms with Crippen LogP contribution in [0.5, 0.6) is 5.75 Å². The Labute approximate surface area is 97.4 Å².